The maximum Gasteiger partial charge on any atom is 0.325 e. The minimum Gasteiger partial charge on any atom is -0.465 e. The summed E-state index contributed by atoms with van der Waals surface area (Å²) in [6.45, 7) is 4.23. The quantitative estimate of drug-likeness (QED) is 0.544. The number of esters is 1. The van der Waals surface area contributed by atoms with Crippen molar-refractivity contribution < 1.29 is 18.7 Å². The van der Waals surface area contributed by atoms with Crippen LogP contribution in [-0.2, 0) is 40.1 Å². The summed E-state index contributed by atoms with van der Waals surface area (Å²) < 4.78 is 21.2. The standard InChI is InChI=1S/C26H29FN2O3/c1-4-32-26(31)16-29-23-11-9-19(27)14-21(23)22-15-20(10-12-24(22)29)28(3)25(30)13-18-8-6-5-7-17(18)2/h5-9,11,14,20H,4,10,12-13,15-16H2,1-3H3/t20-/m0/s1. The van der Waals surface area contributed by atoms with Gasteiger partial charge in [0.2, 0.25) is 5.91 Å². The molecule has 0 radical (unpaired) electrons. The summed E-state index contributed by atoms with van der Waals surface area (Å²) >= 11 is 0. The second kappa shape index (κ2) is 9.15. The maximum absolute atomic E-state index is 14.1. The maximum atomic E-state index is 14.1. The molecular formula is C26H29FN2O3. The van der Waals surface area contributed by atoms with E-state index in [0.717, 1.165) is 46.1 Å². The van der Waals surface area contributed by atoms with Crippen molar-refractivity contribution in [3.05, 3.63) is 70.7 Å². The molecule has 3 aromatic rings. The molecule has 0 aliphatic heterocycles. The Labute approximate surface area is 187 Å². The first-order valence-corrected chi connectivity index (χ1v) is 11.1. The molecule has 2 aromatic carbocycles. The van der Waals surface area contributed by atoms with E-state index in [1.807, 2.05) is 47.7 Å². The molecule has 0 saturated heterocycles. The fourth-order valence-electron chi connectivity index (χ4n) is 4.75. The van der Waals surface area contributed by atoms with Crippen LogP contribution in [0.2, 0.25) is 0 Å². The summed E-state index contributed by atoms with van der Waals surface area (Å²) in [5.74, 6) is -0.530. The Hall–Kier alpha value is -3.15. The van der Waals surface area contributed by atoms with Gasteiger partial charge < -0.3 is 14.2 Å². The first-order valence-electron chi connectivity index (χ1n) is 11.1. The molecule has 1 atom stereocenters. The number of benzene rings is 2. The van der Waals surface area contributed by atoms with Crippen LogP contribution in [0.3, 0.4) is 0 Å². The minimum atomic E-state index is -0.306. The van der Waals surface area contributed by atoms with E-state index in [0.29, 0.717) is 19.4 Å². The number of ether oxygens (including phenoxy) is 1. The summed E-state index contributed by atoms with van der Waals surface area (Å²) in [6, 6.07) is 12.6. The molecule has 1 aromatic heterocycles. The highest BCUT2D eigenvalue weighted by Gasteiger charge is 2.30. The molecule has 0 spiro atoms. The molecule has 4 rings (SSSR count). The third-order valence-electron chi connectivity index (χ3n) is 6.54. The molecule has 1 aliphatic carbocycles. The number of likely N-dealkylation sites (N-methyl/N-ethyl adjacent to an activating group) is 1. The number of hydrogen-bond acceptors (Lipinski definition) is 3. The molecule has 1 aliphatic rings. The number of aromatic nitrogens is 1. The molecular weight excluding hydrogens is 407 g/mol. The molecule has 0 N–H and O–H groups in total. The molecule has 0 fully saturated rings. The fourth-order valence-corrected chi connectivity index (χ4v) is 4.75. The summed E-state index contributed by atoms with van der Waals surface area (Å²) in [4.78, 5) is 27.1. The van der Waals surface area contributed by atoms with Gasteiger partial charge in [0.15, 0.2) is 0 Å². The van der Waals surface area contributed by atoms with E-state index in [1.54, 1.807) is 13.0 Å². The lowest BCUT2D eigenvalue weighted by atomic mass is 9.90. The fraction of sp³-hybridized carbons (Fsp3) is 0.385. The lowest BCUT2D eigenvalue weighted by Gasteiger charge is -2.32. The van der Waals surface area contributed by atoms with Crippen LogP contribution in [0.1, 0.15) is 35.7 Å². The zero-order valence-electron chi connectivity index (χ0n) is 18.9. The normalized spacial score (nSPS) is 15.4. The van der Waals surface area contributed by atoms with Gasteiger partial charge in [0, 0.05) is 29.7 Å². The zero-order valence-corrected chi connectivity index (χ0v) is 18.9. The first kappa shape index (κ1) is 22.1. The van der Waals surface area contributed by atoms with Gasteiger partial charge in [0.1, 0.15) is 12.4 Å². The molecule has 168 valence electrons. The van der Waals surface area contributed by atoms with Crippen LogP contribution in [0, 0.1) is 12.7 Å². The number of halogens is 1. The summed E-state index contributed by atoms with van der Waals surface area (Å²) in [5, 5.41) is 0.814. The van der Waals surface area contributed by atoms with Gasteiger partial charge in [-0.25, -0.2) is 4.39 Å². The van der Waals surface area contributed by atoms with Gasteiger partial charge in [-0.1, -0.05) is 24.3 Å². The van der Waals surface area contributed by atoms with Crippen LogP contribution in [0.15, 0.2) is 42.5 Å². The summed E-state index contributed by atoms with van der Waals surface area (Å²) in [7, 11) is 1.86. The molecule has 0 bridgehead atoms. The van der Waals surface area contributed by atoms with E-state index in [9.17, 15) is 14.0 Å². The molecule has 1 amide bonds. The Morgan fingerprint density at radius 3 is 2.75 bits per heavy atom. The average Bonchev–Trinajstić information content (AvgIpc) is 3.07. The Bertz CT molecular complexity index is 1170. The number of amides is 1. The molecule has 1 heterocycles. The van der Waals surface area contributed by atoms with Crippen molar-refractivity contribution in [3.8, 4) is 0 Å². The number of hydrogen-bond donors (Lipinski definition) is 0. The lowest BCUT2D eigenvalue weighted by Crippen LogP contribution is -2.41. The van der Waals surface area contributed by atoms with E-state index < -0.39 is 0 Å². The van der Waals surface area contributed by atoms with Gasteiger partial charge in [0.25, 0.3) is 0 Å². The molecule has 6 heteroatoms. The van der Waals surface area contributed by atoms with E-state index in [2.05, 4.69) is 0 Å². The number of carbonyl (C=O) groups excluding carboxylic acids is 2. The number of aryl methyl sites for hydroxylation is 1. The van der Waals surface area contributed by atoms with Crippen LogP contribution in [-0.4, -0.2) is 41.0 Å². The van der Waals surface area contributed by atoms with Crippen LogP contribution in [0.25, 0.3) is 10.9 Å². The van der Waals surface area contributed by atoms with Gasteiger partial charge in [-0.15, -0.1) is 0 Å². The van der Waals surface area contributed by atoms with Crippen molar-refractivity contribution >= 4 is 22.8 Å². The average molecular weight is 437 g/mol. The Kier molecular flexibility index (Phi) is 6.31. The number of nitrogens with zero attached hydrogens (tertiary/aromatic N) is 2. The van der Waals surface area contributed by atoms with Gasteiger partial charge in [-0.05, 0) is 68.0 Å². The van der Waals surface area contributed by atoms with Crippen molar-refractivity contribution in [2.75, 3.05) is 13.7 Å². The van der Waals surface area contributed by atoms with Gasteiger partial charge >= 0.3 is 5.97 Å². The summed E-state index contributed by atoms with van der Waals surface area (Å²) in [6.07, 6.45) is 2.52. The highest BCUT2D eigenvalue weighted by Crippen LogP contribution is 2.34. The van der Waals surface area contributed by atoms with Gasteiger partial charge in [-0.3, -0.25) is 9.59 Å². The van der Waals surface area contributed by atoms with Crippen molar-refractivity contribution in [1.82, 2.24) is 9.47 Å². The lowest BCUT2D eigenvalue weighted by molar-refractivity contribution is -0.143. The predicted octanol–water partition coefficient (Wildman–Crippen LogP) is 4.21. The van der Waals surface area contributed by atoms with Crippen molar-refractivity contribution in [3.63, 3.8) is 0 Å². The van der Waals surface area contributed by atoms with Crippen LogP contribution in [0.5, 0.6) is 0 Å². The first-order chi connectivity index (χ1) is 15.4. The monoisotopic (exact) mass is 436 g/mol. The second-order valence-electron chi connectivity index (χ2n) is 8.48. The highest BCUT2D eigenvalue weighted by molar-refractivity contribution is 5.88. The molecule has 0 saturated carbocycles. The predicted molar refractivity (Wildman–Crippen MR) is 122 cm³/mol. The Morgan fingerprint density at radius 1 is 1.22 bits per heavy atom. The largest absolute Gasteiger partial charge is 0.465 e. The zero-order chi connectivity index (χ0) is 22.8. The third-order valence-corrected chi connectivity index (χ3v) is 6.54. The highest BCUT2D eigenvalue weighted by atomic mass is 19.1. The molecule has 0 unspecified atom stereocenters. The van der Waals surface area contributed by atoms with Gasteiger partial charge in [0.05, 0.1) is 13.0 Å². The van der Waals surface area contributed by atoms with E-state index in [4.69, 9.17) is 4.74 Å². The van der Waals surface area contributed by atoms with Crippen molar-refractivity contribution in [2.24, 2.45) is 0 Å². The van der Waals surface area contributed by atoms with Gasteiger partial charge in [-0.2, -0.15) is 0 Å². The van der Waals surface area contributed by atoms with Crippen LogP contribution < -0.4 is 0 Å². The van der Waals surface area contributed by atoms with Crippen LogP contribution in [0.4, 0.5) is 4.39 Å². The Morgan fingerprint density at radius 2 is 2.00 bits per heavy atom. The number of rotatable bonds is 6. The topological polar surface area (TPSA) is 51.5 Å². The van der Waals surface area contributed by atoms with E-state index in [-0.39, 0.29) is 30.3 Å². The minimum absolute atomic E-state index is 0.0314. The van der Waals surface area contributed by atoms with E-state index in [1.165, 1.54) is 12.1 Å². The summed E-state index contributed by atoms with van der Waals surface area (Å²) in [5.41, 5.74) is 5.04. The molecule has 5 nitrogen and oxygen atoms in total. The number of fused-ring (bicyclic) bond motifs is 3. The van der Waals surface area contributed by atoms with Crippen molar-refractivity contribution in [1.29, 1.82) is 0 Å². The smallest absolute Gasteiger partial charge is 0.325 e. The third kappa shape index (κ3) is 4.27. The van der Waals surface area contributed by atoms with Crippen LogP contribution >= 0.6 is 0 Å². The Balaban J connectivity index is 1.60. The second-order valence-corrected chi connectivity index (χ2v) is 8.48. The number of carbonyl (C=O) groups is 2. The van der Waals surface area contributed by atoms with E-state index >= 15 is 0 Å². The van der Waals surface area contributed by atoms with Crippen molar-refractivity contribution in [2.45, 2.75) is 52.1 Å². The molecule has 32 heavy (non-hydrogen) atoms. The SMILES string of the molecule is CCOC(=O)Cn1c2c(c3cc(F)ccc31)C[C@@H](N(C)C(=O)Cc1ccccc1C)CC2.